The molecule has 0 rings (SSSR count). The second kappa shape index (κ2) is 10.6. The quantitative estimate of drug-likeness (QED) is 0.409. The third-order valence-electron chi connectivity index (χ3n) is 2.61. The zero-order valence-electron chi connectivity index (χ0n) is 9.89. The van der Waals surface area contributed by atoms with Crippen LogP contribution in [0.5, 0.6) is 0 Å². The Morgan fingerprint density at radius 2 is 1.50 bits per heavy atom. The second-order valence-electron chi connectivity index (χ2n) is 4.06. The molecule has 0 saturated heterocycles. The number of aliphatic hydroxyl groups excluding tert-OH is 1. The Labute approximate surface area is 89.2 Å². The highest BCUT2D eigenvalue weighted by Crippen LogP contribution is 2.15. The van der Waals surface area contributed by atoms with E-state index in [0.717, 1.165) is 19.3 Å². The van der Waals surface area contributed by atoms with Crippen molar-refractivity contribution in [3.05, 3.63) is 11.8 Å². The van der Waals surface area contributed by atoms with E-state index in [0.29, 0.717) is 0 Å². The smallest absolute Gasteiger partial charge is 0.0783 e. The summed E-state index contributed by atoms with van der Waals surface area (Å²) in [5.41, 5.74) is 1.22. The molecule has 0 aliphatic carbocycles. The molecule has 0 aromatic carbocycles. The Balaban J connectivity index is 3.25. The molecule has 1 nitrogen and oxygen atoms in total. The van der Waals surface area contributed by atoms with E-state index in [9.17, 15) is 0 Å². The minimum Gasteiger partial charge on any atom is -0.516 e. The summed E-state index contributed by atoms with van der Waals surface area (Å²) in [5, 5.41) is 8.94. The Kier molecular flexibility index (Phi) is 10.3. The minimum atomic E-state index is 1.06. The first-order valence-electron chi connectivity index (χ1n) is 6.17. The standard InChI is InChI=1S/C13H26O/c1-3-5-6-7-8-9-11-13(12-14)10-4-2/h12,14H,3-11H2,1-2H3. The summed E-state index contributed by atoms with van der Waals surface area (Å²) in [6, 6.07) is 0. The van der Waals surface area contributed by atoms with Gasteiger partial charge in [-0.05, 0) is 24.8 Å². The molecule has 84 valence electrons. The van der Waals surface area contributed by atoms with E-state index in [1.165, 1.54) is 50.4 Å². The van der Waals surface area contributed by atoms with E-state index < -0.39 is 0 Å². The van der Waals surface area contributed by atoms with Crippen molar-refractivity contribution in [1.29, 1.82) is 0 Å². The van der Waals surface area contributed by atoms with Gasteiger partial charge in [0.15, 0.2) is 0 Å². The molecule has 0 atom stereocenters. The molecule has 0 aliphatic rings. The van der Waals surface area contributed by atoms with Crippen molar-refractivity contribution in [1.82, 2.24) is 0 Å². The highest BCUT2D eigenvalue weighted by Gasteiger charge is 1.96. The van der Waals surface area contributed by atoms with Gasteiger partial charge in [0.1, 0.15) is 0 Å². The maximum Gasteiger partial charge on any atom is 0.0783 e. The van der Waals surface area contributed by atoms with Crippen LogP contribution in [0.3, 0.4) is 0 Å². The van der Waals surface area contributed by atoms with Crippen molar-refractivity contribution in [2.24, 2.45) is 0 Å². The zero-order valence-corrected chi connectivity index (χ0v) is 9.89. The van der Waals surface area contributed by atoms with Crippen LogP contribution in [0.4, 0.5) is 0 Å². The lowest BCUT2D eigenvalue weighted by Gasteiger charge is -2.04. The Morgan fingerprint density at radius 1 is 0.857 bits per heavy atom. The number of aliphatic hydroxyl groups is 1. The van der Waals surface area contributed by atoms with Gasteiger partial charge < -0.3 is 5.11 Å². The third kappa shape index (κ3) is 8.15. The summed E-state index contributed by atoms with van der Waals surface area (Å²) in [7, 11) is 0. The largest absolute Gasteiger partial charge is 0.516 e. The molecule has 0 amide bonds. The van der Waals surface area contributed by atoms with Crippen LogP contribution in [-0.4, -0.2) is 5.11 Å². The highest BCUT2D eigenvalue weighted by molar-refractivity contribution is 4.96. The zero-order chi connectivity index (χ0) is 10.6. The van der Waals surface area contributed by atoms with Gasteiger partial charge in [-0.1, -0.05) is 52.4 Å². The summed E-state index contributed by atoms with van der Waals surface area (Å²) in [6.45, 7) is 4.40. The van der Waals surface area contributed by atoms with Gasteiger partial charge in [-0.15, -0.1) is 0 Å². The summed E-state index contributed by atoms with van der Waals surface area (Å²) in [5.74, 6) is 0. The van der Waals surface area contributed by atoms with Crippen LogP contribution >= 0.6 is 0 Å². The van der Waals surface area contributed by atoms with Crippen molar-refractivity contribution in [3.8, 4) is 0 Å². The maximum absolute atomic E-state index is 8.94. The third-order valence-corrected chi connectivity index (χ3v) is 2.61. The van der Waals surface area contributed by atoms with Crippen molar-refractivity contribution in [2.75, 3.05) is 0 Å². The van der Waals surface area contributed by atoms with Gasteiger partial charge in [0.25, 0.3) is 0 Å². The van der Waals surface area contributed by atoms with Gasteiger partial charge in [0.2, 0.25) is 0 Å². The lowest BCUT2D eigenvalue weighted by atomic mass is 10.0. The number of rotatable bonds is 9. The predicted octanol–water partition coefficient (Wildman–Crippen LogP) is 4.98. The number of hydrogen-bond donors (Lipinski definition) is 1. The average molecular weight is 198 g/mol. The Bertz CT molecular complexity index is 138. The molecule has 0 aromatic heterocycles. The number of unbranched alkanes of at least 4 members (excludes halogenated alkanes) is 5. The topological polar surface area (TPSA) is 20.2 Å². The van der Waals surface area contributed by atoms with Gasteiger partial charge in [0, 0.05) is 0 Å². The van der Waals surface area contributed by atoms with E-state index in [4.69, 9.17) is 5.11 Å². The van der Waals surface area contributed by atoms with E-state index in [1.54, 1.807) is 0 Å². The summed E-state index contributed by atoms with van der Waals surface area (Å²) >= 11 is 0. The first kappa shape index (κ1) is 13.5. The molecule has 0 heterocycles. The SMILES string of the molecule is CCCCCCCCC(=CO)CCC. The van der Waals surface area contributed by atoms with Gasteiger partial charge in [-0.3, -0.25) is 0 Å². The first-order valence-corrected chi connectivity index (χ1v) is 6.17. The van der Waals surface area contributed by atoms with Crippen LogP contribution in [0, 0.1) is 0 Å². The van der Waals surface area contributed by atoms with Crippen molar-refractivity contribution in [2.45, 2.75) is 71.6 Å². The van der Waals surface area contributed by atoms with Gasteiger partial charge >= 0.3 is 0 Å². The molecule has 0 radical (unpaired) electrons. The fourth-order valence-corrected chi connectivity index (χ4v) is 1.71. The number of hydrogen-bond acceptors (Lipinski definition) is 1. The molecule has 14 heavy (non-hydrogen) atoms. The van der Waals surface area contributed by atoms with Crippen LogP contribution in [-0.2, 0) is 0 Å². The Morgan fingerprint density at radius 3 is 2.07 bits per heavy atom. The van der Waals surface area contributed by atoms with Crippen molar-refractivity contribution < 1.29 is 5.11 Å². The molecular weight excluding hydrogens is 172 g/mol. The lowest BCUT2D eigenvalue weighted by molar-refractivity contribution is 0.458. The van der Waals surface area contributed by atoms with Crippen LogP contribution < -0.4 is 0 Å². The van der Waals surface area contributed by atoms with E-state index in [1.807, 2.05) is 0 Å². The van der Waals surface area contributed by atoms with E-state index in [-0.39, 0.29) is 0 Å². The molecule has 0 unspecified atom stereocenters. The summed E-state index contributed by atoms with van der Waals surface area (Å²) in [6.07, 6.45) is 12.6. The second-order valence-corrected chi connectivity index (χ2v) is 4.06. The summed E-state index contributed by atoms with van der Waals surface area (Å²) < 4.78 is 0. The predicted molar refractivity (Wildman–Crippen MR) is 63.6 cm³/mol. The molecular formula is C13H26O. The molecule has 1 N–H and O–H groups in total. The molecule has 0 spiro atoms. The normalized spacial score (nSPS) is 12.0. The van der Waals surface area contributed by atoms with E-state index >= 15 is 0 Å². The molecule has 0 saturated carbocycles. The lowest BCUT2D eigenvalue weighted by Crippen LogP contribution is -1.85. The molecule has 0 bridgehead atoms. The fraction of sp³-hybridized carbons (Fsp3) is 0.846. The van der Waals surface area contributed by atoms with Crippen LogP contribution in [0.1, 0.15) is 71.6 Å². The van der Waals surface area contributed by atoms with Gasteiger partial charge in [-0.2, -0.15) is 0 Å². The fourth-order valence-electron chi connectivity index (χ4n) is 1.71. The van der Waals surface area contributed by atoms with Crippen molar-refractivity contribution in [3.63, 3.8) is 0 Å². The van der Waals surface area contributed by atoms with Crippen LogP contribution in [0.2, 0.25) is 0 Å². The molecule has 0 aromatic rings. The van der Waals surface area contributed by atoms with Crippen LogP contribution in [0.25, 0.3) is 0 Å². The van der Waals surface area contributed by atoms with Gasteiger partial charge in [0.05, 0.1) is 6.26 Å². The minimum absolute atomic E-state index is 1.06. The first-order chi connectivity index (χ1) is 6.85. The molecule has 0 aliphatic heterocycles. The number of allylic oxidation sites excluding steroid dienone is 1. The monoisotopic (exact) mass is 198 g/mol. The van der Waals surface area contributed by atoms with Gasteiger partial charge in [-0.25, -0.2) is 0 Å². The maximum atomic E-state index is 8.94. The van der Waals surface area contributed by atoms with Crippen molar-refractivity contribution >= 4 is 0 Å². The summed E-state index contributed by atoms with van der Waals surface area (Å²) in [4.78, 5) is 0. The highest BCUT2D eigenvalue weighted by atomic mass is 16.2. The van der Waals surface area contributed by atoms with Crippen LogP contribution in [0.15, 0.2) is 11.8 Å². The van der Waals surface area contributed by atoms with E-state index in [2.05, 4.69) is 13.8 Å². The Hall–Kier alpha value is -0.460. The molecule has 1 heteroatoms. The molecule has 0 fully saturated rings. The average Bonchev–Trinajstić information content (AvgIpc) is 2.21.